The standard InChI is InChI=1S/C24H25N3O5S2/c1-5-16-11-18(23(29)32-6-2)22(34-16)26-21(28)9-14-13-33-24-25-19(12-27(14)24)17-10-15(30-3)7-8-20(17)31-4/h7-8,10-13H,5-6,9H2,1-4H3,(H,26,28). The molecule has 0 aliphatic rings. The Bertz CT molecular complexity index is 1340. The number of aromatic nitrogens is 2. The van der Waals surface area contributed by atoms with Crippen LogP contribution in [0.4, 0.5) is 5.00 Å². The van der Waals surface area contributed by atoms with E-state index in [4.69, 9.17) is 19.2 Å². The zero-order valence-electron chi connectivity index (χ0n) is 19.3. The Kier molecular flexibility index (Phi) is 7.18. The molecule has 4 aromatic rings. The van der Waals surface area contributed by atoms with E-state index in [9.17, 15) is 9.59 Å². The molecule has 0 aliphatic carbocycles. The molecule has 0 fully saturated rings. The number of esters is 1. The smallest absolute Gasteiger partial charge is 0.341 e. The second kappa shape index (κ2) is 10.3. The largest absolute Gasteiger partial charge is 0.497 e. The molecule has 1 N–H and O–H groups in total. The minimum absolute atomic E-state index is 0.132. The van der Waals surface area contributed by atoms with Crippen LogP contribution in [0.1, 0.15) is 34.8 Å². The summed E-state index contributed by atoms with van der Waals surface area (Å²) in [6, 6.07) is 7.32. The van der Waals surface area contributed by atoms with Gasteiger partial charge in [-0.15, -0.1) is 22.7 Å². The van der Waals surface area contributed by atoms with Gasteiger partial charge in [-0.25, -0.2) is 9.78 Å². The number of fused-ring (bicyclic) bond motifs is 1. The molecule has 0 atom stereocenters. The SMILES string of the molecule is CCOC(=O)c1cc(CC)sc1NC(=O)Cc1csc2nc(-c3cc(OC)ccc3OC)cn12. The first-order valence-corrected chi connectivity index (χ1v) is 12.4. The third-order valence-electron chi connectivity index (χ3n) is 5.19. The third-order valence-corrected chi connectivity index (χ3v) is 7.27. The number of nitrogens with zero attached hydrogens (tertiary/aromatic N) is 2. The van der Waals surface area contributed by atoms with E-state index in [0.717, 1.165) is 33.2 Å². The van der Waals surface area contributed by atoms with Gasteiger partial charge in [0.2, 0.25) is 5.91 Å². The van der Waals surface area contributed by atoms with Gasteiger partial charge in [-0.3, -0.25) is 9.20 Å². The molecule has 0 radical (unpaired) electrons. The normalized spacial score (nSPS) is 10.9. The molecule has 1 aromatic carbocycles. The van der Waals surface area contributed by atoms with Crippen LogP contribution in [-0.4, -0.2) is 42.1 Å². The molecule has 0 saturated carbocycles. The molecule has 1 amide bonds. The number of aryl methyl sites for hydroxylation is 1. The topological polar surface area (TPSA) is 91.2 Å². The van der Waals surface area contributed by atoms with Crippen LogP contribution in [0.5, 0.6) is 11.5 Å². The number of amides is 1. The Hall–Kier alpha value is -3.37. The first-order valence-electron chi connectivity index (χ1n) is 10.7. The average Bonchev–Trinajstić information content (AvgIpc) is 3.54. The van der Waals surface area contributed by atoms with Crippen LogP contribution in [0, 0.1) is 0 Å². The highest BCUT2D eigenvalue weighted by Gasteiger charge is 2.20. The van der Waals surface area contributed by atoms with Crippen LogP contribution >= 0.6 is 22.7 Å². The van der Waals surface area contributed by atoms with E-state index in [2.05, 4.69) is 5.32 Å². The molecule has 3 aromatic heterocycles. The van der Waals surface area contributed by atoms with E-state index < -0.39 is 5.97 Å². The number of benzene rings is 1. The summed E-state index contributed by atoms with van der Waals surface area (Å²) in [4.78, 5) is 31.7. The number of carbonyl (C=O) groups excluding carboxylic acids is 2. The second-order valence-electron chi connectivity index (χ2n) is 7.33. The number of rotatable bonds is 9. The van der Waals surface area contributed by atoms with E-state index in [1.54, 1.807) is 27.2 Å². The van der Waals surface area contributed by atoms with Crippen molar-refractivity contribution >= 4 is 44.5 Å². The Morgan fingerprint density at radius 1 is 1.15 bits per heavy atom. The van der Waals surface area contributed by atoms with Crippen molar-refractivity contribution in [1.82, 2.24) is 9.38 Å². The summed E-state index contributed by atoms with van der Waals surface area (Å²) in [6.45, 7) is 4.03. The van der Waals surface area contributed by atoms with Crippen molar-refractivity contribution in [3.05, 3.63) is 52.0 Å². The minimum atomic E-state index is -0.432. The van der Waals surface area contributed by atoms with Gasteiger partial charge >= 0.3 is 5.97 Å². The monoisotopic (exact) mass is 499 g/mol. The molecule has 3 heterocycles. The number of hydrogen-bond donors (Lipinski definition) is 1. The Balaban J connectivity index is 1.58. The van der Waals surface area contributed by atoms with Crippen LogP contribution in [0.15, 0.2) is 35.8 Å². The molecule has 8 nitrogen and oxygen atoms in total. The molecule has 0 spiro atoms. The number of thiazole rings is 1. The molecular weight excluding hydrogens is 474 g/mol. The van der Waals surface area contributed by atoms with Gasteiger partial charge in [0, 0.05) is 27.7 Å². The highest BCUT2D eigenvalue weighted by Crippen LogP contribution is 2.34. The Morgan fingerprint density at radius 2 is 1.97 bits per heavy atom. The van der Waals surface area contributed by atoms with Gasteiger partial charge in [0.25, 0.3) is 0 Å². The lowest BCUT2D eigenvalue weighted by Crippen LogP contribution is -2.16. The fraction of sp³-hybridized carbons (Fsp3) is 0.292. The molecule has 0 aliphatic heterocycles. The van der Waals surface area contributed by atoms with Crippen LogP contribution < -0.4 is 14.8 Å². The summed E-state index contributed by atoms with van der Waals surface area (Å²) in [7, 11) is 3.22. The number of hydrogen-bond acceptors (Lipinski definition) is 8. The summed E-state index contributed by atoms with van der Waals surface area (Å²) < 4.78 is 17.9. The fourth-order valence-electron chi connectivity index (χ4n) is 3.51. The first kappa shape index (κ1) is 23.8. The number of ether oxygens (including phenoxy) is 3. The van der Waals surface area contributed by atoms with Gasteiger partial charge < -0.3 is 19.5 Å². The summed E-state index contributed by atoms with van der Waals surface area (Å²) >= 11 is 2.84. The van der Waals surface area contributed by atoms with Crippen molar-refractivity contribution < 1.29 is 23.8 Å². The lowest BCUT2D eigenvalue weighted by Gasteiger charge is -2.08. The van der Waals surface area contributed by atoms with Gasteiger partial charge in [0.1, 0.15) is 16.5 Å². The third kappa shape index (κ3) is 4.78. The highest BCUT2D eigenvalue weighted by molar-refractivity contribution is 7.16. The highest BCUT2D eigenvalue weighted by atomic mass is 32.1. The Labute approximate surface area is 205 Å². The quantitative estimate of drug-likeness (QED) is 0.324. The maximum Gasteiger partial charge on any atom is 0.341 e. The number of nitrogens with one attached hydrogen (secondary N) is 1. The summed E-state index contributed by atoms with van der Waals surface area (Å²) in [5.74, 6) is 0.732. The zero-order chi connectivity index (χ0) is 24.2. The number of anilines is 1. The van der Waals surface area contributed by atoms with Crippen molar-refractivity contribution in [2.24, 2.45) is 0 Å². The van der Waals surface area contributed by atoms with Crippen molar-refractivity contribution in [3.8, 4) is 22.8 Å². The average molecular weight is 500 g/mol. The summed E-state index contributed by atoms with van der Waals surface area (Å²) in [5.41, 5.74) is 2.71. The molecule has 0 bridgehead atoms. The lowest BCUT2D eigenvalue weighted by molar-refractivity contribution is -0.115. The van der Waals surface area contributed by atoms with Crippen molar-refractivity contribution in [2.75, 3.05) is 26.1 Å². The summed E-state index contributed by atoms with van der Waals surface area (Å²) in [5, 5.41) is 5.31. The Morgan fingerprint density at radius 3 is 2.68 bits per heavy atom. The molecule has 0 unspecified atom stereocenters. The first-order chi connectivity index (χ1) is 16.5. The van der Waals surface area contributed by atoms with E-state index in [1.165, 1.54) is 22.7 Å². The van der Waals surface area contributed by atoms with Crippen LogP contribution in [-0.2, 0) is 22.4 Å². The predicted octanol–water partition coefficient (Wildman–Crippen LogP) is 5.06. The van der Waals surface area contributed by atoms with Crippen molar-refractivity contribution in [2.45, 2.75) is 26.7 Å². The molecular formula is C24H25N3O5S2. The van der Waals surface area contributed by atoms with Crippen LogP contribution in [0.25, 0.3) is 16.2 Å². The minimum Gasteiger partial charge on any atom is -0.497 e. The van der Waals surface area contributed by atoms with E-state index in [-0.39, 0.29) is 18.9 Å². The number of carbonyl (C=O) groups is 2. The van der Waals surface area contributed by atoms with Gasteiger partial charge in [0.05, 0.1) is 38.5 Å². The summed E-state index contributed by atoms with van der Waals surface area (Å²) in [6.07, 6.45) is 2.78. The fourth-order valence-corrected chi connectivity index (χ4v) is 5.38. The van der Waals surface area contributed by atoms with Crippen molar-refractivity contribution in [1.29, 1.82) is 0 Å². The molecule has 34 heavy (non-hydrogen) atoms. The number of thiophene rings is 1. The molecule has 178 valence electrons. The van der Waals surface area contributed by atoms with Gasteiger partial charge in [-0.2, -0.15) is 0 Å². The maximum atomic E-state index is 12.9. The van der Waals surface area contributed by atoms with E-state index in [1.807, 2.05) is 41.1 Å². The van der Waals surface area contributed by atoms with E-state index >= 15 is 0 Å². The number of methoxy groups -OCH3 is 2. The molecule has 10 heteroatoms. The molecule has 0 saturated heterocycles. The number of imidazole rings is 1. The second-order valence-corrected chi connectivity index (χ2v) is 9.30. The lowest BCUT2D eigenvalue weighted by atomic mass is 10.1. The maximum absolute atomic E-state index is 12.9. The molecule has 4 rings (SSSR count). The van der Waals surface area contributed by atoms with Gasteiger partial charge in [-0.1, -0.05) is 6.92 Å². The van der Waals surface area contributed by atoms with Crippen molar-refractivity contribution in [3.63, 3.8) is 0 Å². The van der Waals surface area contributed by atoms with Crippen LogP contribution in [0.3, 0.4) is 0 Å². The zero-order valence-corrected chi connectivity index (χ0v) is 21.0. The van der Waals surface area contributed by atoms with Gasteiger partial charge in [0.15, 0.2) is 4.96 Å². The predicted molar refractivity (Wildman–Crippen MR) is 134 cm³/mol. The van der Waals surface area contributed by atoms with Gasteiger partial charge in [-0.05, 0) is 37.6 Å². The van der Waals surface area contributed by atoms with E-state index in [0.29, 0.717) is 22.1 Å². The van der Waals surface area contributed by atoms with Crippen LogP contribution in [0.2, 0.25) is 0 Å².